The molecule has 0 heterocycles. The van der Waals surface area contributed by atoms with E-state index in [4.69, 9.17) is 0 Å². The monoisotopic (exact) mass is 277 g/mol. The molecule has 1 aromatic rings. The van der Waals surface area contributed by atoms with E-state index in [0.717, 1.165) is 18.3 Å². The van der Waals surface area contributed by atoms with Crippen LogP contribution in [0.5, 0.6) is 0 Å². The minimum atomic E-state index is -0.475. The van der Waals surface area contributed by atoms with Crippen molar-refractivity contribution < 1.29 is 14.0 Å². The van der Waals surface area contributed by atoms with Crippen molar-refractivity contribution in [1.29, 1.82) is 0 Å². The molecule has 3 unspecified atom stereocenters. The SMILES string of the molecule is CN(C)C(c1ccc(F)cc1)C1CCC(=O)C(C=O)C1. The first-order valence-corrected chi connectivity index (χ1v) is 6.93. The van der Waals surface area contributed by atoms with E-state index in [2.05, 4.69) is 4.90 Å². The molecule has 0 amide bonds. The first-order valence-electron chi connectivity index (χ1n) is 6.93. The molecule has 0 aliphatic heterocycles. The van der Waals surface area contributed by atoms with Crippen LogP contribution in [-0.4, -0.2) is 31.1 Å². The van der Waals surface area contributed by atoms with Crippen LogP contribution in [0.15, 0.2) is 24.3 Å². The molecule has 1 aliphatic rings. The smallest absolute Gasteiger partial charge is 0.143 e. The fraction of sp³-hybridized carbons (Fsp3) is 0.500. The Kier molecular flexibility index (Phi) is 4.65. The van der Waals surface area contributed by atoms with Crippen LogP contribution in [0.3, 0.4) is 0 Å². The summed E-state index contributed by atoms with van der Waals surface area (Å²) in [4.78, 5) is 24.7. The summed E-state index contributed by atoms with van der Waals surface area (Å²) in [5.74, 6) is -0.441. The molecule has 1 aromatic carbocycles. The molecule has 2 rings (SSSR count). The van der Waals surface area contributed by atoms with Crippen molar-refractivity contribution >= 4 is 12.1 Å². The maximum atomic E-state index is 13.1. The number of nitrogens with zero attached hydrogens (tertiary/aromatic N) is 1. The third kappa shape index (κ3) is 3.12. The first kappa shape index (κ1) is 14.9. The molecule has 1 saturated carbocycles. The molecule has 4 heteroatoms. The van der Waals surface area contributed by atoms with E-state index >= 15 is 0 Å². The van der Waals surface area contributed by atoms with Crippen molar-refractivity contribution in [3.63, 3.8) is 0 Å². The van der Waals surface area contributed by atoms with Gasteiger partial charge in [-0.25, -0.2) is 4.39 Å². The van der Waals surface area contributed by atoms with Gasteiger partial charge in [0.15, 0.2) is 0 Å². The fourth-order valence-corrected chi connectivity index (χ4v) is 3.16. The zero-order chi connectivity index (χ0) is 14.7. The lowest BCUT2D eigenvalue weighted by Crippen LogP contribution is -2.34. The second kappa shape index (κ2) is 6.27. The first-order chi connectivity index (χ1) is 9.52. The molecule has 1 fully saturated rings. The second-order valence-electron chi connectivity index (χ2n) is 5.70. The fourth-order valence-electron chi connectivity index (χ4n) is 3.16. The molecule has 0 N–H and O–H groups in total. The molecule has 3 nitrogen and oxygen atoms in total. The average molecular weight is 277 g/mol. The van der Waals surface area contributed by atoms with Gasteiger partial charge in [0.05, 0.1) is 5.92 Å². The summed E-state index contributed by atoms with van der Waals surface area (Å²) >= 11 is 0. The van der Waals surface area contributed by atoms with Crippen molar-refractivity contribution in [3.05, 3.63) is 35.6 Å². The van der Waals surface area contributed by atoms with Gasteiger partial charge < -0.3 is 9.69 Å². The lowest BCUT2D eigenvalue weighted by molar-refractivity contribution is -0.130. The molecular weight excluding hydrogens is 257 g/mol. The Labute approximate surface area is 118 Å². The van der Waals surface area contributed by atoms with Crippen LogP contribution < -0.4 is 0 Å². The Bertz CT molecular complexity index is 484. The number of ketones is 1. The van der Waals surface area contributed by atoms with E-state index in [1.54, 1.807) is 12.1 Å². The highest BCUT2D eigenvalue weighted by Gasteiger charge is 2.34. The van der Waals surface area contributed by atoms with Crippen LogP contribution in [0.1, 0.15) is 30.9 Å². The molecular formula is C16H20FNO2. The third-order valence-electron chi connectivity index (χ3n) is 4.11. The van der Waals surface area contributed by atoms with Crippen molar-refractivity contribution in [2.75, 3.05) is 14.1 Å². The minimum absolute atomic E-state index is 0.0489. The van der Waals surface area contributed by atoms with Gasteiger partial charge in [0.2, 0.25) is 0 Å². The van der Waals surface area contributed by atoms with Crippen LogP contribution in [0, 0.1) is 17.7 Å². The lowest BCUT2D eigenvalue weighted by Gasteiger charge is -2.36. The highest BCUT2D eigenvalue weighted by Crippen LogP contribution is 2.37. The summed E-state index contributed by atoms with van der Waals surface area (Å²) in [7, 11) is 3.95. The summed E-state index contributed by atoms with van der Waals surface area (Å²) in [6.07, 6.45) is 2.59. The van der Waals surface area contributed by atoms with Crippen LogP contribution in [0.2, 0.25) is 0 Å². The number of benzene rings is 1. The minimum Gasteiger partial charge on any atom is -0.303 e. The molecule has 108 valence electrons. The largest absolute Gasteiger partial charge is 0.303 e. The van der Waals surface area contributed by atoms with Crippen molar-refractivity contribution in [3.8, 4) is 0 Å². The summed E-state index contributed by atoms with van der Waals surface area (Å²) in [6.45, 7) is 0. The molecule has 20 heavy (non-hydrogen) atoms. The number of aldehydes is 1. The van der Waals surface area contributed by atoms with Crippen molar-refractivity contribution in [1.82, 2.24) is 4.90 Å². The summed E-state index contributed by atoms with van der Waals surface area (Å²) in [6, 6.07) is 6.58. The van der Waals surface area contributed by atoms with E-state index in [0.29, 0.717) is 12.8 Å². The van der Waals surface area contributed by atoms with Gasteiger partial charge in [-0.15, -0.1) is 0 Å². The third-order valence-corrected chi connectivity index (χ3v) is 4.11. The standard InChI is InChI=1S/C16H20FNO2/c1-18(2)16(11-3-6-14(17)7-4-11)12-5-8-15(20)13(9-12)10-19/h3-4,6-7,10,12-13,16H,5,8-9H2,1-2H3. The van der Waals surface area contributed by atoms with Crippen LogP contribution in [0.25, 0.3) is 0 Å². The highest BCUT2D eigenvalue weighted by atomic mass is 19.1. The zero-order valence-corrected chi connectivity index (χ0v) is 11.9. The second-order valence-corrected chi connectivity index (χ2v) is 5.70. The molecule has 0 aromatic heterocycles. The summed E-state index contributed by atoms with van der Waals surface area (Å²) in [5, 5.41) is 0. The van der Waals surface area contributed by atoms with Crippen molar-refractivity contribution in [2.45, 2.75) is 25.3 Å². The lowest BCUT2D eigenvalue weighted by atomic mass is 9.75. The summed E-state index contributed by atoms with van der Waals surface area (Å²) in [5.41, 5.74) is 1.03. The van der Waals surface area contributed by atoms with Gasteiger partial charge >= 0.3 is 0 Å². The Morgan fingerprint density at radius 1 is 1.30 bits per heavy atom. The predicted molar refractivity (Wildman–Crippen MR) is 74.7 cm³/mol. The van der Waals surface area contributed by atoms with E-state index < -0.39 is 5.92 Å². The Hall–Kier alpha value is -1.55. The van der Waals surface area contributed by atoms with Crippen LogP contribution in [-0.2, 0) is 9.59 Å². The number of rotatable bonds is 4. The Morgan fingerprint density at radius 3 is 2.50 bits per heavy atom. The quantitative estimate of drug-likeness (QED) is 0.627. The molecule has 0 bridgehead atoms. The van der Waals surface area contributed by atoms with Gasteiger partial charge in [-0.2, -0.15) is 0 Å². The van der Waals surface area contributed by atoms with Gasteiger partial charge in [0.25, 0.3) is 0 Å². The topological polar surface area (TPSA) is 37.4 Å². The van der Waals surface area contributed by atoms with Crippen molar-refractivity contribution in [2.24, 2.45) is 11.8 Å². The van der Waals surface area contributed by atoms with Crippen LogP contribution in [0.4, 0.5) is 4.39 Å². The number of carbonyl (C=O) groups excluding carboxylic acids is 2. The highest BCUT2D eigenvalue weighted by molar-refractivity contribution is 5.93. The van der Waals surface area contributed by atoms with Crippen LogP contribution >= 0.6 is 0 Å². The van der Waals surface area contributed by atoms with E-state index in [1.165, 1.54) is 12.1 Å². The van der Waals surface area contributed by atoms with Gasteiger partial charge in [0.1, 0.15) is 17.9 Å². The van der Waals surface area contributed by atoms with Gasteiger partial charge in [-0.1, -0.05) is 12.1 Å². The summed E-state index contributed by atoms with van der Waals surface area (Å²) < 4.78 is 13.1. The number of hydrogen-bond acceptors (Lipinski definition) is 3. The molecule has 3 atom stereocenters. The average Bonchev–Trinajstić information content (AvgIpc) is 2.42. The van der Waals surface area contributed by atoms with E-state index in [9.17, 15) is 14.0 Å². The van der Waals surface area contributed by atoms with E-state index in [-0.39, 0.29) is 23.6 Å². The molecule has 0 saturated heterocycles. The van der Waals surface area contributed by atoms with Gasteiger partial charge in [0, 0.05) is 12.5 Å². The number of hydrogen-bond donors (Lipinski definition) is 0. The molecule has 1 aliphatic carbocycles. The number of carbonyl (C=O) groups is 2. The molecule has 0 spiro atoms. The Balaban J connectivity index is 2.23. The number of Topliss-reactive ketones (excluding diaryl/α,β-unsaturated/α-hetero) is 1. The van der Waals surface area contributed by atoms with Gasteiger partial charge in [-0.3, -0.25) is 4.79 Å². The Morgan fingerprint density at radius 2 is 1.95 bits per heavy atom. The van der Waals surface area contributed by atoms with Gasteiger partial charge in [-0.05, 0) is 50.6 Å². The normalized spacial score (nSPS) is 24.7. The van der Waals surface area contributed by atoms with E-state index in [1.807, 2.05) is 14.1 Å². The predicted octanol–water partition coefficient (Wildman–Crippen LogP) is 2.61. The maximum absolute atomic E-state index is 13.1. The number of halogens is 1. The molecule has 0 radical (unpaired) electrons. The maximum Gasteiger partial charge on any atom is 0.143 e. The zero-order valence-electron chi connectivity index (χ0n) is 11.9.